The van der Waals surface area contributed by atoms with Gasteiger partial charge in [0, 0.05) is 19.2 Å². The summed E-state index contributed by atoms with van der Waals surface area (Å²) in [6.45, 7) is 3.30. The van der Waals surface area contributed by atoms with Gasteiger partial charge in [0.1, 0.15) is 23.6 Å². The summed E-state index contributed by atoms with van der Waals surface area (Å²) in [7, 11) is 1.62. The van der Waals surface area contributed by atoms with Crippen molar-refractivity contribution in [2.75, 3.05) is 19.0 Å². The molecule has 2 heterocycles. The number of ether oxygens (including phenoxy) is 1. The molecule has 3 aromatic rings. The Bertz CT molecular complexity index is 1020. The summed E-state index contributed by atoms with van der Waals surface area (Å²) < 4.78 is 5.40. The SMILES string of the molecule is COc1ccc(C)cc1Nc1cc(C(=O)N2CCc3ccccc3C2)ncn1. The second kappa shape index (κ2) is 7.68. The number of fused-ring (bicyclic) bond motifs is 1. The van der Waals surface area contributed by atoms with E-state index in [-0.39, 0.29) is 5.91 Å². The summed E-state index contributed by atoms with van der Waals surface area (Å²) in [6, 6.07) is 15.8. The smallest absolute Gasteiger partial charge is 0.272 e. The largest absolute Gasteiger partial charge is 0.495 e. The third kappa shape index (κ3) is 3.67. The van der Waals surface area contributed by atoms with Crippen LogP contribution in [-0.4, -0.2) is 34.4 Å². The van der Waals surface area contributed by atoms with Crippen molar-refractivity contribution in [1.82, 2.24) is 14.9 Å². The zero-order chi connectivity index (χ0) is 19.5. The zero-order valence-electron chi connectivity index (χ0n) is 16.0. The molecule has 28 heavy (non-hydrogen) atoms. The highest BCUT2D eigenvalue weighted by molar-refractivity contribution is 5.93. The fourth-order valence-corrected chi connectivity index (χ4v) is 3.43. The van der Waals surface area contributed by atoms with E-state index < -0.39 is 0 Å². The Morgan fingerprint density at radius 1 is 1.11 bits per heavy atom. The Kier molecular flexibility index (Phi) is 4.93. The first-order chi connectivity index (χ1) is 13.6. The first-order valence-corrected chi connectivity index (χ1v) is 9.24. The molecule has 1 N–H and O–H groups in total. The fourth-order valence-electron chi connectivity index (χ4n) is 3.43. The van der Waals surface area contributed by atoms with Crippen molar-refractivity contribution < 1.29 is 9.53 Å². The molecule has 1 aromatic heterocycles. The van der Waals surface area contributed by atoms with Gasteiger partial charge in [0.15, 0.2) is 0 Å². The lowest BCUT2D eigenvalue weighted by Gasteiger charge is -2.28. The molecular weight excluding hydrogens is 352 g/mol. The molecule has 0 fully saturated rings. The van der Waals surface area contributed by atoms with E-state index in [0.29, 0.717) is 30.4 Å². The third-order valence-electron chi connectivity index (χ3n) is 4.92. The van der Waals surface area contributed by atoms with Gasteiger partial charge in [-0.25, -0.2) is 9.97 Å². The maximum Gasteiger partial charge on any atom is 0.272 e. The maximum absolute atomic E-state index is 13.0. The summed E-state index contributed by atoms with van der Waals surface area (Å²) >= 11 is 0. The van der Waals surface area contributed by atoms with Crippen LogP contribution in [0.4, 0.5) is 11.5 Å². The number of carbonyl (C=O) groups is 1. The molecule has 2 aromatic carbocycles. The molecule has 0 saturated heterocycles. The number of amides is 1. The minimum absolute atomic E-state index is 0.0869. The molecule has 0 saturated carbocycles. The highest BCUT2D eigenvalue weighted by Crippen LogP contribution is 2.28. The van der Waals surface area contributed by atoms with E-state index in [2.05, 4.69) is 27.4 Å². The van der Waals surface area contributed by atoms with Gasteiger partial charge in [0.25, 0.3) is 5.91 Å². The van der Waals surface area contributed by atoms with Crippen molar-refractivity contribution >= 4 is 17.4 Å². The van der Waals surface area contributed by atoms with Gasteiger partial charge in [-0.2, -0.15) is 0 Å². The average molecular weight is 374 g/mol. The number of aromatic nitrogens is 2. The predicted octanol–water partition coefficient (Wildman–Crippen LogP) is 3.74. The lowest BCUT2D eigenvalue weighted by atomic mass is 10.00. The number of aryl methyl sites for hydroxylation is 1. The number of hydrogen-bond acceptors (Lipinski definition) is 5. The van der Waals surface area contributed by atoms with Crippen LogP contribution < -0.4 is 10.1 Å². The molecule has 0 aliphatic carbocycles. The van der Waals surface area contributed by atoms with Gasteiger partial charge in [-0.3, -0.25) is 4.79 Å². The Morgan fingerprint density at radius 2 is 1.93 bits per heavy atom. The topological polar surface area (TPSA) is 67.3 Å². The van der Waals surface area contributed by atoms with Crippen molar-refractivity contribution in [3.8, 4) is 5.75 Å². The van der Waals surface area contributed by atoms with E-state index in [4.69, 9.17) is 4.74 Å². The Labute approximate surface area is 164 Å². The molecule has 0 atom stereocenters. The molecule has 6 heteroatoms. The molecule has 142 valence electrons. The summed E-state index contributed by atoms with van der Waals surface area (Å²) in [5, 5.41) is 3.23. The Balaban J connectivity index is 1.54. The van der Waals surface area contributed by atoms with Crippen LogP contribution in [0.2, 0.25) is 0 Å². The van der Waals surface area contributed by atoms with Gasteiger partial charge < -0.3 is 15.0 Å². The normalized spacial score (nSPS) is 13.0. The number of hydrogen-bond donors (Lipinski definition) is 1. The summed E-state index contributed by atoms with van der Waals surface area (Å²) in [5.74, 6) is 1.18. The highest BCUT2D eigenvalue weighted by Gasteiger charge is 2.22. The van der Waals surface area contributed by atoms with Gasteiger partial charge in [0.2, 0.25) is 0 Å². The molecule has 0 unspecified atom stereocenters. The first kappa shape index (κ1) is 18.0. The predicted molar refractivity (Wildman–Crippen MR) is 108 cm³/mol. The fraction of sp³-hybridized carbons (Fsp3) is 0.227. The van der Waals surface area contributed by atoms with Gasteiger partial charge in [0.05, 0.1) is 12.8 Å². The van der Waals surface area contributed by atoms with Crippen LogP contribution in [0.3, 0.4) is 0 Å². The van der Waals surface area contributed by atoms with E-state index in [9.17, 15) is 4.79 Å². The lowest BCUT2D eigenvalue weighted by Crippen LogP contribution is -2.36. The molecule has 6 nitrogen and oxygen atoms in total. The first-order valence-electron chi connectivity index (χ1n) is 9.24. The summed E-state index contributed by atoms with van der Waals surface area (Å²) in [4.78, 5) is 23.3. The molecule has 4 rings (SSSR count). The van der Waals surface area contributed by atoms with Crippen molar-refractivity contribution in [2.24, 2.45) is 0 Å². The van der Waals surface area contributed by atoms with Crippen molar-refractivity contribution in [1.29, 1.82) is 0 Å². The quantitative estimate of drug-likeness (QED) is 0.754. The van der Waals surface area contributed by atoms with E-state index in [1.165, 1.54) is 17.5 Å². The van der Waals surface area contributed by atoms with Gasteiger partial charge >= 0.3 is 0 Å². The minimum Gasteiger partial charge on any atom is -0.495 e. The van der Waals surface area contributed by atoms with Gasteiger partial charge in [-0.1, -0.05) is 30.3 Å². The molecule has 1 aliphatic rings. The standard InChI is InChI=1S/C22H22N4O2/c1-15-7-8-20(28-2)18(11-15)25-21-12-19(23-14-24-21)22(27)26-10-9-16-5-3-4-6-17(16)13-26/h3-8,11-12,14H,9-10,13H2,1-2H3,(H,23,24,25). The second-order valence-corrected chi connectivity index (χ2v) is 6.86. The summed E-state index contributed by atoms with van der Waals surface area (Å²) in [5.41, 5.74) is 4.78. The maximum atomic E-state index is 13.0. The Hall–Kier alpha value is -3.41. The van der Waals surface area contributed by atoms with Crippen LogP contribution in [0.1, 0.15) is 27.2 Å². The zero-order valence-corrected chi connectivity index (χ0v) is 16.0. The van der Waals surface area contributed by atoms with E-state index in [0.717, 1.165) is 17.7 Å². The average Bonchev–Trinajstić information content (AvgIpc) is 2.73. The second-order valence-electron chi connectivity index (χ2n) is 6.86. The molecular formula is C22H22N4O2. The molecule has 1 aliphatic heterocycles. The third-order valence-corrected chi connectivity index (χ3v) is 4.92. The van der Waals surface area contributed by atoms with Crippen LogP contribution >= 0.6 is 0 Å². The van der Waals surface area contributed by atoms with E-state index in [1.807, 2.05) is 42.2 Å². The number of rotatable bonds is 4. The summed E-state index contributed by atoms with van der Waals surface area (Å²) in [6.07, 6.45) is 2.27. The van der Waals surface area contributed by atoms with Crippen LogP contribution in [0.15, 0.2) is 54.9 Å². The van der Waals surface area contributed by atoms with Crippen molar-refractivity contribution in [3.05, 3.63) is 77.2 Å². The van der Waals surface area contributed by atoms with Crippen LogP contribution in [0.5, 0.6) is 5.75 Å². The number of nitrogens with one attached hydrogen (secondary N) is 1. The van der Waals surface area contributed by atoms with E-state index in [1.54, 1.807) is 13.2 Å². The lowest BCUT2D eigenvalue weighted by molar-refractivity contribution is 0.0728. The Morgan fingerprint density at radius 3 is 2.75 bits per heavy atom. The number of benzene rings is 2. The molecule has 1 amide bonds. The van der Waals surface area contributed by atoms with Crippen LogP contribution in [-0.2, 0) is 13.0 Å². The number of carbonyl (C=O) groups excluding carboxylic acids is 1. The highest BCUT2D eigenvalue weighted by atomic mass is 16.5. The molecule has 0 radical (unpaired) electrons. The monoisotopic (exact) mass is 374 g/mol. The molecule has 0 bridgehead atoms. The van der Waals surface area contributed by atoms with Crippen LogP contribution in [0.25, 0.3) is 0 Å². The van der Waals surface area contributed by atoms with Crippen LogP contribution in [0, 0.1) is 6.92 Å². The van der Waals surface area contributed by atoms with Crippen molar-refractivity contribution in [3.63, 3.8) is 0 Å². The van der Waals surface area contributed by atoms with E-state index >= 15 is 0 Å². The van der Waals surface area contributed by atoms with Gasteiger partial charge in [-0.05, 0) is 42.2 Å². The minimum atomic E-state index is -0.0869. The van der Waals surface area contributed by atoms with Gasteiger partial charge in [-0.15, -0.1) is 0 Å². The number of anilines is 2. The molecule has 0 spiro atoms. The van der Waals surface area contributed by atoms with Crippen molar-refractivity contribution in [2.45, 2.75) is 19.9 Å². The number of methoxy groups -OCH3 is 1. The number of nitrogens with zero attached hydrogens (tertiary/aromatic N) is 3.